The minimum absolute atomic E-state index is 0.190. The van der Waals surface area contributed by atoms with Crippen LogP contribution >= 0.6 is 0 Å². The van der Waals surface area contributed by atoms with Crippen LogP contribution in [-0.2, 0) is 9.53 Å². The highest BCUT2D eigenvalue weighted by Gasteiger charge is 2.43. The van der Waals surface area contributed by atoms with E-state index in [0.29, 0.717) is 24.3 Å². The van der Waals surface area contributed by atoms with Gasteiger partial charge in [0.1, 0.15) is 0 Å². The van der Waals surface area contributed by atoms with E-state index in [2.05, 4.69) is 13.8 Å². The Balaban J connectivity index is 2.19. The van der Waals surface area contributed by atoms with Gasteiger partial charge in [-0.25, -0.2) is 0 Å². The molecule has 2 aliphatic rings. The third kappa shape index (κ3) is 1.89. The van der Waals surface area contributed by atoms with Crippen molar-refractivity contribution in [2.75, 3.05) is 13.7 Å². The summed E-state index contributed by atoms with van der Waals surface area (Å²) in [5, 5.41) is 0. The first-order chi connectivity index (χ1) is 7.11. The van der Waals surface area contributed by atoms with Crippen molar-refractivity contribution in [3.05, 3.63) is 0 Å². The van der Waals surface area contributed by atoms with Gasteiger partial charge in [-0.2, -0.15) is 0 Å². The number of ether oxygens (including phenoxy) is 1. The van der Waals surface area contributed by atoms with E-state index >= 15 is 0 Å². The van der Waals surface area contributed by atoms with Gasteiger partial charge < -0.3 is 9.64 Å². The predicted molar refractivity (Wildman–Crippen MR) is 58.5 cm³/mol. The maximum atomic E-state index is 11.8. The fourth-order valence-corrected chi connectivity index (χ4v) is 3.18. The molecule has 0 radical (unpaired) electrons. The van der Waals surface area contributed by atoms with E-state index < -0.39 is 0 Å². The van der Waals surface area contributed by atoms with Crippen molar-refractivity contribution in [1.82, 2.24) is 4.90 Å². The molecule has 0 spiro atoms. The van der Waals surface area contributed by atoms with Crippen LogP contribution in [0.25, 0.3) is 0 Å². The number of hydrogen-bond acceptors (Lipinski definition) is 2. The summed E-state index contributed by atoms with van der Waals surface area (Å²) in [6.45, 7) is 5.24. The van der Waals surface area contributed by atoms with E-state index in [1.807, 2.05) is 11.9 Å². The van der Waals surface area contributed by atoms with Crippen LogP contribution < -0.4 is 0 Å². The van der Waals surface area contributed by atoms with Crippen molar-refractivity contribution >= 4 is 5.91 Å². The smallest absolute Gasteiger partial charge is 0.225 e. The second-order valence-corrected chi connectivity index (χ2v) is 5.16. The number of carbonyl (C=O) groups excluding carboxylic acids is 1. The van der Waals surface area contributed by atoms with Gasteiger partial charge in [0, 0.05) is 25.6 Å². The molecule has 15 heavy (non-hydrogen) atoms. The number of carbonyl (C=O) groups is 1. The van der Waals surface area contributed by atoms with Crippen molar-refractivity contribution in [1.29, 1.82) is 0 Å². The van der Waals surface area contributed by atoms with Gasteiger partial charge >= 0.3 is 0 Å². The lowest BCUT2D eigenvalue weighted by Gasteiger charge is -2.47. The fraction of sp³-hybridized carbons (Fsp3) is 0.917. The number of nitrogens with zero attached hydrogens (tertiary/aromatic N) is 1. The summed E-state index contributed by atoms with van der Waals surface area (Å²) in [6, 6.07) is 0.372. The zero-order valence-electron chi connectivity index (χ0n) is 9.90. The molecular formula is C12H21NO2. The molecule has 0 aliphatic carbocycles. The molecule has 3 heteroatoms. The third-order valence-corrected chi connectivity index (χ3v) is 3.83. The second-order valence-electron chi connectivity index (χ2n) is 5.16. The van der Waals surface area contributed by atoms with Gasteiger partial charge in [0.25, 0.3) is 0 Å². The molecule has 86 valence electrons. The van der Waals surface area contributed by atoms with E-state index in [1.165, 1.54) is 6.42 Å². The number of piperidine rings is 1. The van der Waals surface area contributed by atoms with Gasteiger partial charge in [-0.05, 0) is 18.8 Å². The molecule has 3 nitrogen and oxygen atoms in total. The molecule has 0 bridgehead atoms. The molecule has 0 saturated carbocycles. The minimum Gasteiger partial charge on any atom is -0.377 e. The van der Waals surface area contributed by atoms with Crippen LogP contribution in [0.1, 0.15) is 33.1 Å². The SMILES string of the molecule is CC(C)C1C2CCCOC2CC(=O)N1C. The van der Waals surface area contributed by atoms with Crippen LogP contribution in [0.2, 0.25) is 0 Å². The van der Waals surface area contributed by atoms with Crippen LogP contribution in [0.3, 0.4) is 0 Å². The summed E-state index contributed by atoms with van der Waals surface area (Å²) >= 11 is 0. The largest absolute Gasteiger partial charge is 0.377 e. The summed E-state index contributed by atoms with van der Waals surface area (Å²) in [5.41, 5.74) is 0. The van der Waals surface area contributed by atoms with Crippen molar-refractivity contribution in [3.63, 3.8) is 0 Å². The number of fused-ring (bicyclic) bond motifs is 1. The molecule has 0 aromatic carbocycles. The molecule has 0 aromatic rings. The van der Waals surface area contributed by atoms with E-state index in [4.69, 9.17) is 4.74 Å². The first kappa shape index (κ1) is 10.9. The molecule has 2 rings (SSSR count). The standard InChI is InChI=1S/C12H21NO2/c1-8(2)12-9-5-4-6-15-10(9)7-11(14)13(12)3/h8-10,12H,4-7H2,1-3H3. The molecule has 2 aliphatic heterocycles. The number of likely N-dealkylation sites (tertiary alicyclic amines) is 1. The Hall–Kier alpha value is -0.570. The average Bonchev–Trinajstić information content (AvgIpc) is 2.19. The van der Waals surface area contributed by atoms with Gasteiger partial charge in [0.2, 0.25) is 5.91 Å². The Morgan fingerprint density at radius 3 is 2.87 bits per heavy atom. The number of amides is 1. The zero-order chi connectivity index (χ0) is 11.0. The molecule has 2 saturated heterocycles. The molecule has 2 heterocycles. The molecular weight excluding hydrogens is 190 g/mol. The average molecular weight is 211 g/mol. The van der Waals surface area contributed by atoms with Crippen LogP contribution in [0.15, 0.2) is 0 Å². The van der Waals surface area contributed by atoms with Crippen LogP contribution in [0, 0.1) is 11.8 Å². The van der Waals surface area contributed by atoms with Gasteiger partial charge in [-0.15, -0.1) is 0 Å². The Bertz CT molecular complexity index is 252. The first-order valence-corrected chi connectivity index (χ1v) is 5.98. The van der Waals surface area contributed by atoms with Crippen molar-refractivity contribution in [3.8, 4) is 0 Å². The molecule has 0 aromatic heterocycles. The summed E-state index contributed by atoms with van der Waals surface area (Å²) in [7, 11) is 1.94. The van der Waals surface area contributed by atoms with E-state index in [9.17, 15) is 4.79 Å². The monoisotopic (exact) mass is 211 g/mol. The zero-order valence-corrected chi connectivity index (χ0v) is 9.90. The summed E-state index contributed by atoms with van der Waals surface area (Å²) in [4.78, 5) is 13.8. The van der Waals surface area contributed by atoms with Crippen molar-refractivity contribution in [2.45, 2.75) is 45.3 Å². The highest BCUT2D eigenvalue weighted by atomic mass is 16.5. The van der Waals surface area contributed by atoms with Gasteiger partial charge in [-0.3, -0.25) is 4.79 Å². The normalized spacial score (nSPS) is 36.9. The molecule has 3 atom stereocenters. The van der Waals surface area contributed by atoms with Crippen LogP contribution in [-0.4, -0.2) is 36.6 Å². The maximum absolute atomic E-state index is 11.8. The van der Waals surface area contributed by atoms with Crippen molar-refractivity contribution < 1.29 is 9.53 Å². The van der Waals surface area contributed by atoms with Crippen LogP contribution in [0.4, 0.5) is 0 Å². The Morgan fingerprint density at radius 2 is 2.20 bits per heavy atom. The van der Waals surface area contributed by atoms with Crippen molar-refractivity contribution in [2.24, 2.45) is 11.8 Å². The topological polar surface area (TPSA) is 29.5 Å². The molecule has 2 fully saturated rings. The summed E-state index contributed by atoms with van der Waals surface area (Å²) in [5.74, 6) is 1.33. The fourth-order valence-electron chi connectivity index (χ4n) is 3.18. The second kappa shape index (κ2) is 4.12. The summed E-state index contributed by atoms with van der Waals surface area (Å²) < 4.78 is 5.73. The first-order valence-electron chi connectivity index (χ1n) is 5.98. The number of rotatable bonds is 1. The molecule has 0 N–H and O–H groups in total. The van der Waals surface area contributed by atoms with Gasteiger partial charge in [-0.1, -0.05) is 13.8 Å². The van der Waals surface area contributed by atoms with E-state index in [1.54, 1.807) is 0 Å². The Kier molecular flexibility index (Phi) is 3.01. The highest BCUT2D eigenvalue weighted by molar-refractivity contribution is 5.78. The van der Waals surface area contributed by atoms with Gasteiger partial charge in [0.15, 0.2) is 0 Å². The lowest BCUT2D eigenvalue weighted by molar-refractivity contribution is -0.155. The minimum atomic E-state index is 0.190. The lowest BCUT2D eigenvalue weighted by atomic mass is 9.77. The van der Waals surface area contributed by atoms with Crippen LogP contribution in [0.5, 0.6) is 0 Å². The number of hydrogen-bond donors (Lipinski definition) is 0. The highest BCUT2D eigenvalue weighted by Crippen LogP contribution is 2.36. The maximum Gasteiger partial charge on any atom is 0.225 e. The summed E-state index contributed by atoms with van der Waals surface area (Å²) in [6.07, 6.45) is 3.14. The molecule has 3 unspecified atom stereocenters. The quantitative estimate of drug-likeness (QED) is 0.660. The molecule has 1 amide bonds. The lowest BCUT2D eigenvalue weighted by Crippen LogP contribution is -2.56. The third-order valence-electron chi connectivity index (χ3n) is 3.83. The Labute approximate surface area is 91.8 Å². The van der Waals surface area contributed by atoms with E-state index in [0.717, 1.165) is 13.0 Å². The predicted octanol–water partition coefficient (Wildman–Crippen LogP) is 1.67. The van der Waals surface area contributed by atoms with E-state index in [-0.39, 0.29) is 12.0 Å². The Morgan fingerprint density at radius 1 is 1.47 bits per heavy atom. The van der Waals surface area contributed by atoms with Gasteiger partial charge in [0.05, 0.1) is 12.5 Å².